The molecule has 0 unspecified atom stereocenters. The second-order valence-electron chi connectivity index (χ2n) is 27.8. The lowest BCUT2D eigenvalue weighted by atomic mass is 9.46. The maximum atomic E-state index is 15.9. The number of nitrogens with one attached hydrogen (secondary N) is 5. The zero-order valence-electron chi connectivity index (χ0n) is 60.0. The number of aromatic nitrogens is 1. The molecule has 6 amide bonds. The Morgan fingerprint density at radius 3 is 2.02 bits per heavy atom. The van der Waals surface area contributed by atoms with E-state index in [-0.39, 0.29) is 83.2 Å². The van der Waals surface area contributed by atoms with Gasteiger partial charge in [-0.2, -0.15) is 0 Å². The van der Waals surface area contributed by atoms with Crippen LogP contribution in [0, 0.1) is 16.7 Å². The number of anilines is 2. The number of ether oxygens (including phenoxy) is 6. The number of allylic oxidation sites excluding steroid dienone is 1. The maximum absolute atomic E-state index is 15.9. The van der Waals surface area contributed by atoms with E-state index in [2.05, 4.69) is 31.6 Å². The van der Waals surface area contributed by atoms with Crippen LogP contribution in [0.3, 0.4) is 0 Å². The number of amides is 6. The Balaban J connectivity index is 0.866. The van der Waals surface area contributed by atoms with E-state index in [0.717, 1.165) is 18.9 Å². The molecule has 2 bridgehead atoms. The summed E-state index contributed by atoms with van der Waals surface area (Å²) in [5.74, 6) is -10.8. The van der Waals surface area contributed by atoms with Crippen LogP contribution >= 0.6 is 0 Å². The Morgan fingerprint density at radius 2 is 1.42 bits per heavy atom. The minimum Gasteiger partial charge on any atom is -0.455 e. The number of ketones is 2. The van der Waals surface area contributed by atoms with Crippen LogP contribution in [0.4, 0.5) is 16.3 Å². The number of benzene rings is 4. The molecule has 10 rings (SSSR count). The lowest BCUT2D eigenvalue weighted by molar-refractivity contribution is -0.348. The van der Waals surface area contributed by atoms with Crippen molar-refractivity contribution in [2.45, 2.75) is 160 Å². The first-order valence-electron chi connectivity index (χ1n) is 34.7. The number of aliphatic hydroxyl groups excluding tert-OH is 1. The van der Waals surface area contributed by atoms with Crippen molar-refractivity contribution in [2.75, 3.05) is 36.9 Å². The van der Waals surface area contributed by atoms with Crippen LogP contribution < -0.4 is 32.3 Å². The summed E-state index contributed by atoms with van der Waals surface area (Å²) in [7, 11) is 0. The molecule has 566 valence electrons. The van der Waals surface area contributed by atoms with Crippen molar-refractivity contribution in [3.8, 4) is 0 Å². The summed E-state index contributed by atoms with van der Waals surface area (Å²) in [4.78, 5) is 190. The van der Waals surface area contributed by atoms with E-state index in [0.29, 0.717) is 18.4 Å². The SMILES string of the molecule is CC(=O)N[C@@H](CCC(=O)CNc1ccc(C(=O)N[C@H](C)C(=O)N2CCC[C@H]2C(=O)Nc2ccc(COC(=O)O[C@@H](C(=O)ON3C[C@@]4(O)[C@@H](OC(=O)c5ccccc5)[C@@H]5[C@]6(OC(C)=O)CO[C@@H]6C[C@H](O)[C@@]5(C)C(=O)[C@H](OC(C)=O)C(=C3C)C4(C)C)[C@@H](NC(=O)c3ccccc3)c3ccccc3)cc2)cn1)C(N)=O. The molecule has 3 aliphatic heterocycles. The maximum Gasteiger partial charge on any atom is 0.509 e. The largest absolute Gasteiger partial charge is 0.509 e. The van der Waals surface area contributed by atoms with Crippen molar-refractivity contribution < 1.29 is 106 Å². The third-order valence-corrected chi connectivity index (χ3v) is 20.4. The quantitative estimate of drug-likeness (QED) is 0.0281. The molecule has 4 fully saturated rings. The molecule has 4 aromatic carbocycles. The van der Waals surface area contributed by atoms with E-state index in [9.17, 15) is 63.0 Å². The van der Waals surface area contributed by atoms with E-state index in [1.807, 2.05) is 0 Å². The topological polar surface area (TPSA) is 433 Å². The number of hydrogen-bond donors (Lipinski definition) is 8. The summed E-state index contributed by atoms with van der Waals surface area (Å²) in [6, 6.07) is 27.6. The van der Waals surface area contributed by atoms with Crippen LogP contribution in [0.1, 0.15) is 136 Å². The first kappa shape index (κ1) is 78.2. The van der Waals surface area contributed by atoms with Crippen molar-refractivity contribution in [3.63, 3.8) is 0 Å². The number of fused-ring (bicyclic) bond motifs is 5. The van der Waals surface area contributed by atoms with Crippen LogP contribution in [0.15, 0.2) is 145 Å². The molecule has 4 heterocycles. The number of rotatable bonds is 26. The number of Topliss-reactive ketones (excluding diaryl/α,β-unsaturated/α-hetero) is 2. The third-order valence-electron chi connectivity index (χ3n) is 20.4. The van der Waals surface area contributed by atoms with Gasteiger partial charge in [0.25, 0.3) is 11.8 Å². The van der Waals surface area contributed by atoms with Gasteiger partial charge in [-0.05, 0) is 99.7 Å². The summed E-state index contributed by atoms with van der Waals surface area (Å²) >= 11 is 0. The van der Waals surface area contributed by atoms with E-state index in [1.165, 1.54) is 125 Å². The lowest BCUT2D eigenvalue weighted by Crippen LogP contribution is -2.82. The molecule has 9 N–H and O–H groups in total. The highest BCUT2D eigenvalue weighted by molar-refractivity contribution is 6.01. The molecule has 0 spiro atoms. The van der Waals surface area contributed by atoms with Gasteiger partial charge in [0.05, 0.1) is 54.0 Å². The lowest BCUT2D eigenvalue weighted by Gasteiger charge is -2.67. The molecule has 2 aliphatic carbocycles. The monoisotopic (exact) mass is 1480 g/mol. The van der Waals surface area contributed by atoms with Gasteiger partial charge in [0.15, 0.2) is 23.3 Å². The van der Waals surface area contributed by atoms with Crippen LogP contribution in [0.5, 0.6) is 0 Å². The standard InChI is InChI=1S/C76H85N9O22/c1-41(80-67(94)50-28-33-57(78-36-50)79-37-52(89)31-32-53(65(77)92)81-43(3)86)69(96)84-34-18-25-54(84)68(95)82-51-29-26-46(27-30-51)38-101-72(99)104-61(59(47-19-12-9-13-20-47)83-66(93)48-21-14-10-15-22-48)71(98)107-85-39-76(100)64(105-70(97)49-23-16-11-17-24-49)62-74(8,55(90)35-56-75(62,40-102-56)106-45(5)88)63(91)60(103-44(4)87)58(42(85)2)73(76,6)7/h9-17,19-24,26-30,33,36,41,53-56,59-62,64,90,100H,18,25,31-32,34-35,37-40H2,1-8H3,(H2,77,92)(H,78,79)(H,80,94)(H,81,86)(H,82,95)(H,83,93)/t41-,53+,54+,55+,56-,59+,60-,61-,62+,64+,74-,75+,76-/m1/s1. The predicted octanol–water partition coefficient (Wildman–Crippen LogP) is 4.41. The molecule has 107 heavy (non-hydrogen) atoms. The Bertz CT molecular complexity index is 4280. The minimum absolute atomic E-state index is 0.00329. The molecule has 2 saturated heterocycles. The van der Waals surface area contributed by atoms with Gasteiger partial charge < -0.3 is 80.7 Å². The molecule has 13 atom stereocenters. The summed E-state index contributed by atoms with van der Waals surface area (Å²) in [6.45, 7) is 8.78. The number of aliphatic hydroxyl groups is 2. The highest BCUT2D eigenvalue weighted by Crippen LogP contribution is 2.63. The molecule has 0 radical (unpaired) electrons. The fourth-order valence-electron chi connectivity index (χ4n) is 14.8. The number of hydrogen-bond acceptors (Lipinski definition) is 25. The number of carbonyl (C=O) groups is 13. The molecule has 5 aliphatic rings. The molecule has 5 aromatic rings. The Kier molecular flexibility index (Phi) is 23.7. The van der Waals surface area contributed by atoms with Gasteiger partial charge >= 0.3 is 30.0 Å². The highest BCUT2D eigenvalue weighted by Gasteiger charge is 2.78. The van der Waals surface area contributed by atoms with E-state index in [1.54, 1.807) is 54.6 Å². The number of nitrogens with two attached hydrogens (primary N) is 1. The number of likely N-dealkylation sites (tertiary alicyclic amines) is 1. The fourth-order valence-corrected chi connectivity index (χ4v) is 14.8. The molecular weight excluding hydrogens is 1390 g/mol. The molecule has 2 saturated carbocycles. The number of carbonyl (C=O) groups excluding carboxylic acids is 13. The van der Waals surface area contributed by atoms with Crippen molar-refractivity contribution in [2.24, 2.45) is 22.5 Å². The summed E-state index contributed by atoms with van der Waals surface area (Å²) in [5, 5.41) is 40.8. The van der Waals surface area contributed by atoms with Crippen LogP contribution in [-0.2, 0) is 83.0 Å². The normalized spacial score (nSPS) is 24.3. The average molecular weight is 1480 g/mol. The van der Waals surface area contributed by atoms with Crippen LogP contribution in [0.2, 0.25) is 0 Å². The number of hydroxylamine groups is 2. The molecule has 31 nitrogen and oxygen atoms in total. The summed E-state index contributed by atoms with van der Waals surface area (Å²) in [6.07, 6.45) is -8.88. The average Bonchev–Trinajstić information content (AvgIpc) is 0.974. The number of β-amino-alcohol motifs (C(OH)–C–C–N with tert-alkyl or cyclic N) is 1. The van der Waals surface area contributed by atoms with E-state index >= 15 is 9.59 Å². The number of nitrogens with zero attached hydrogens (tertiary/aromatic N) is 3. The minimum atomic E-state index is -2.64. The Labute approximate surface area is 614 Å². The Morgan fingerprint density at radius 1 is 0.776 bits per heavy atom. The van der Waals surface area contributed by atoms with Gasteiger partial charge in [0, 0.05) is 68.6 Å². The van der Waals surface area contributed by atoms with Gasteiger partial charge in [-0.15, -0.1) is 0 Å². The van der Waals surface area contributed by atoms with Gasteiger partial charge in [0.2, 0.25) is 29.7 Å². The number of pyridine rings is 1. The fraction of sp³-hybridized carbons (Fsp3) is 0.421. The highest BCUT2D eigenvalue weighted by atomic mass is 16.8. The number of esters is 3. The van der Waals surface area contributed by atoms with Gasteiger partial charge in [-0.1, -0.05) is 92.7 Å². The predicted molar refractivity (Wildman–Crippen MR) is 376 cm³/mol. The zero-order valence-corrected chi connectivity index (χ0v) is 60.0. The van der Waals surface area contributed by atoms with Gasteiger partial charge in [-0.3, -0.25) is 47.9 Å². The van der Waals surface area contributed by atoms with Crippen LogP contribution in [-0.4, -0.2) is 188 Å². The number of primary amides is 1. The second-order valence-corrected chi connectivity index (χ2v) is 27.8. The van der Waals surface area contributed by atoms with Crippen LogP contribution in [0.25, 0.3) is 0 Å². The third kappa shape index (κ3) is 16.7. The van der Waals surface area contributed by atoms with E-state index in [4.69, 9.17) is 39.0 Å². The molecular formula is C76H85N9O22. The smallest absolute Gasteiger partial charge is 0.455 e. The molecule has 1 aromatic heterocycles. The zero-order chi connectivity index (χ0) is 77.4. The first-order chi connectivity index (χ1) is 50.8. The van der Waals surface area contributed by atoms with Gasteiger partial charge in [0.1, 0.15) is 54.4 Å². The van der Waals surface area contributed by atoms with Crippen molar-refractivity contribution >= 4 is 88.5 Å². The first-order valence-corrected chi connectivity index (χ1v) is 34.7. The molecule has 31 heteroatoms. The van der Waals surface area contributed by atoms with Crippen molar-refractivity contribution in [1.82, 2.24) is 30.9 Å². The summed E-state index contributed by atoms with van der Waals surface area (Å²) < 4.78 is 36.1. The van der Waals surface area contributed by atoms with E-state index < -0.39 is 174 Å². The van der Waals surface area contributed by atoms with Gasteiger partial charge in [-0.25, -0.2) is 24.4 Å². The Hall–Kier alpha value is -11.4. The summed E-state index contributed by atoms with van der Waals surface area (Å²) in [5.41, 5.74) is -2.60. The van der Waals surface area contributed by atoms with Crippen molar-refractivity contribution in [3.05, 3.63) is 173 Å². The second kappa shape index (κ2) is 32.5. The van der Waals surface area contributed by atoms with Crippen molar-refractivity contribution in [1.29, 1.82) is 0 Å².